The van der Waals surface area contributed by atoms with Crippen LogP contribution in [-0.4, -0.2) is 23.9 Å². The van der Waals surface area contributed by atoms with Gasteiger partial charge >= 0.3 is 0 Å². The van der Waals surface area contributed by atoms with E-state index in [9.17, 15) is 19.1 Å². The number of rotatable bonds is 4. The second-order valence-corrected chi connectivity index (χ2v) is 8.34. The number of methoxy groups -OCH3 is 1. The number of carbonyl (C=O) groups is 2. The first-order chi connectivity index (χ1) is 15.7. The smallest absolute Gasteiger partial charge is 0.300 e. The third-order valence-corrected chi connectivity index (χ3v) is 6.14. The van der Waals surface area contributed by atoms with Crippen molar-refractivity contribution < 1.29 is 23.8 Å². The van der Waals surface area contributed by atoms with E-state index in [0.29, 0.717) is 21.3 Å². The van der Waals surface area contributed by atoms with Gasteiger partial charge in [0.05, 0.1) is 24.3 Å². The van der Waals surface area contributed by atoms with Crippen LogP contribution in [0, 0.1) is 12.7 Å². The Hall–Kier alpha value is -3.35. The number of ketones is 1. The maximum atomic E-state index is 14.0. The fraction of sp³-hybridized carbons (Fsp3) is 0.120. The summed E-state index contributed by atoms with van der Waals surface area (Å²) >= 11 is 12.3. The Morgan fingerprint density at radius 3 is 2.36 bits per heavy atom. The SMILES string of the molecule is COc1ccc(F)cc1/C(O)=C1\C(=O)C(=O)N(c2ccc(C)c(Cl)c2)C1c1ccc(Cl)cc1. The van der Waals surface area contributed by atoms with Crippen LogP contribution in [0.1, 0.15) is 22.7 Å². The van der Waals surface area contributed by atoms with E-state index in [-0.39, 0.29) is 16.9 Å². The van der Waals surface area contributed by atoms with E-state index in [1.54, 1.807) is 42.5 Å². The number of aliphatic hydroxyl groups excluding tert-OH is 1. The van der Waals surface area contributed by atoms with Gasteiger partial charge in [0.15, 0.2) is 0 Å². The molecular formula is C25H18Cl2FNO4. The molecule has 0 saturated carbocycles. The molecule has 0 aromatic heterocycles. The van der Waals surface area contributed by atoms with Gasteiger partial charge in [-0.3, -0.25) is 14.5 Å². The summed E-state index contributed by atoms with van der Waals surface area (Å²) in [5.74, 6) is -2.82. The maximum Gasteiger partial charge on any atom is 0.300 e. The summed E-state index contributed by atoms with van der Waals surface area (Å²) in [5.41, 5.74) is 1.44. The van der Waals surface area contributed by atoms with E-state index < -0.39 is 29.3 Å². The van der Waals surface area contributed by atoms with Crippen LogP contribution < -0.4 is 9.64 Å². The van der Waals surface area contributed by atoms with Crippen molar-refractivity contribution in [2.45, 2.75) is 13.0 Å². The summed E-state index contributed by atoms with van der Waals surface area (Å²) in [6.07, 6.45) is 0. The van der Waals surface area contributed by atoms with E-state index in [0.717, 1.165) is 11.6 Å². The lowest BCUT2D eigenvalue weighted by Crippen LogP contribution is -2.29. The van der Waals surface area contributed by atoms with Crippen molar-refractivity contribution in [1.29, 1.82) is 0 Å². The van der Waals surface area contributed by atoms with Crippen molar-refractivity contribution in [2.24, 2.45) is 0 Å². The summed E-state index contributed by atoms with van der Waals surface area (Å²) in [4.78, 5) is 27.6. The monoisotopic (exact) mass is 485 g/mol. The van der Waals surface area contributed by atoms with Gasteiger partial charge in [0.1, 0.15) is 17.3 Å². The van der Waals surface area contributed by atoms with Crippen molar-refractivity contribution >= 4 is 46.3 Å². The highest BCUT2D eigenvalue weighted by atomic mass is 35.5. The summed E-state index contributed by atoms with van der Waals surface area (Å²) < 4.78 is 19.2. The summed E-state index contributed by atoms with van der Waals surface area (Å²) in [5, 5.41) is 12.0. The molecule has 8 heteroatoms. The molecule has 0 bridgehead atoms. The molecule has 1 N–H and O–H groups in total. The van der Waals surface area contributed by atoms with Gasteiger partial charge in [-0.15, -0.1) is 0 Å². The molecule has 1 amide bonds. The molecule has 1 atom stereocenters. The van der Waals surface area contributed by atoms with E-state index in [4.69, 9.17) is 27.9 Å². The van der Waals surface area contributed by atoms with Crippen LogP contribution in [0.15, 0.2) is 66.2 Å². The number of halogens is 3. The molecule has 168 valence electrons. The van der Waals surface area contributed by atoms with Crippen LogP contribution in [-0.2, 0) is 9.59 Å². The van der Waals surface area contributed by atoms with E-state index in [1.807, 2.05) is 6.92 Å². The molecule has 4 rings (SSSR count). The van der Waals surface area contributed by atoms with Crippen molar-refractivity contribution in [2.75, 3.05) is 12.0 Å². The highest BCUT2D eigenvalue weighted by Gasteiger charge is 2.47. The lowest BCUT2D eigenvalue weighted by Gasteiger charge is -2.26. The predicted octanol–water partition coefficient (Wildman–Crippen LogP) is 6.08. The van der Waals surface area contributed by atoms with E-state index in [2.05, 4.69) is 0 Å². The van der Waals surface area contributed by atoms with Crippen LogP contribution in [0.25, 0.3) is 5.76 Å². The van der Waals surface area contributed by atoms with Gasteiger partial charge in [-0.25, -0.2) is 4.39 Å². The third-order valence-electron chi connectivity index (χ3n) is 5.48. The first kappa shape index (κ1) is 22.8. The Labute approximate surface area is 199 Å². The molecule has 1 aliphatic rings. The molecule has 1 unspecified atom stereocenters. The Morgan fingerprint density at radius 1 is 1.03 bits per heavy atom. The molecule has 0 spiro atoms. The van der Waals surface area contributed by atoms with Crippen molar-refractivity contribution in [3.05, 3.63) is 98.8 Å². The quantitative estimate of drug-likeness (QED) is 0.276. The van der Waals surface area contributed by atoms with Crippen LogP contribution in [0.2, 0.25) is 10.0 Å². The minimum absolute atomic E-state index is 0.0450. The van der Waals surface area contributed by atoms with Crippen LogP contribution in [0.3, 0.4) is 0 Å². The van der Waals surface area contributed by atoms with Gasteiger partial charge in [-0.2, -0.15) is 0 Å². The summed E-state index contributed by atoms with van der Waals surface area (Å²) in [6.45, 7) is 1.81. The molecule has 33 heavy (non-hydrogen) atoms. The zero-order chi connectivity index (χ0) is 23.9. The molecule has 3 aromatic carbocycles. The lowest BCUT2D eigenvalue weighted by molar-refractivity contribution is -0.132. The van der Waals surface area contributed by atoms with Gasteiger partial charge in [0.25, 0.3) is 11.7 Å². The number of hydrogen-bond donors (Lipinski definition) is 1. The number of aryl methyl sites for hydroxylation is 1. The maximum absolute atomic E-state index is 14.0. The van der Waals surface area contributed by atoms with Gasteiger partial charge in [0.2, 0.25) is 0 Å². The second-order valence-electron chi connectivity index (χ2n) is 7.50. The minimum atomic E-state index is -1.01. The number of benzene rings is 3. The first-order valence-electron chi connectivity index (χ1n) is 9.89. The topological polar surface area (TPSA) is 66.8 Å². The highest BCUT2D eigenvalue weighted by molar-refractivity contribution is 6.52. The summed E-state index contributed by atoms with van der Waals surface area (Å²) in [7, 11) is 1.35. The number of hydrogen-bond acceptors (Lipinski definition) is 4. The Kier molecular flexibility index (Phi) is 6.15. The molecule has 0 aliphatic carbocycles. The predicted molar refractivity (Wildman–Crippen MR) is 125 cm³/mol. The van der Waals surface area contributed by atoms with Gasteiger partial charge < -0.3 is 9.84 Å². The number of aliphatic hydroxyl groups is 1. The fourth-order valence-electron chi connectivity index (χ4n) is 3.80. The Balaban J connectivity index is 1.99. The molecule has 5 nitrogen and oxygen atoms in total. The molecule has 0 radical (unpaired) electrons. The first-order valence-corrected chi connectivity index (χ1v) is 10.6. The van der Waals surface area contributed by atoms with Crippen LogP contribution in [0.4, 0.5) is 10.1 Å². The van der Waals surface area contributed by atoms with E-state index >= 15 is 0 Å². The normalized spacial score (nSPS) is 17.5. The van der Waals surface area contributed by atoms with Crippen LogP contribution in [0.5, 0.6) is 5.75 Å². The summed E-state index contributed by atoms with van der Waals surface area (Å²) in [6, 6.07) is 14.0. The van der Waals surface area contributed by atoms with Gasteiger partial charge in [-0.1, -0.05) is 41.4 Å². The number of nitrogens with zero attached hydrogens (tertiary/aromatic N) is 1. The molecule has 1 aliphatic heterocycles. The number of anilines is 1. The second kappa shape index (κ2) is 8.89. The third kappa shape index (κ3) is 4.08. The standard InChI is InChI=1S/C25H18Cl2FNO4/c1-13-3-9-17(12-19(13)27)29-22(14-4-6-15(26)7-5-14)21(24(31)25(29)32)23(30)18-11-16(28)8-10-20(18)33-2/h3-12,22,30H,1-2H3/b23-21+. The van der Waals surface area contributed by atoms with Gasteiger partial charge in [-0.05, 0) is 60.5 Å². The number of ether oxygens (including phenoxy) is 1. The zero-order valence-corrected chi connectivity index (χ0v) is 19.1. The molecular weight excluding hydrogens is 468 g/mol. The Morgan fingerprint density at radius 2 is 1.73 bits per heavy atom. The largest absolute Gasteiger partial charge is 0.507 e. The lowest BCUT2D eigenvalue weighted by atomic mass is 9.94. The minimum Gasteiger partial charge on any atom is -0.507 e. The number of Topliss-reactive ketones (excluding diaryl/α,β-unsaturated/α-hetero) is 1. The number of carbonyl (C=O) groups excluding carboxylic acids is 2. The Bertz CT molecular complexity index is 1300. The molecule has 1 saturated heterocycles. The van der Waals surface area contributed by atoms with Crippen molar-refractivity contribution in [3.8, 4) is 5.75 Å². The van der Waals surface area contributed by atoms with Crippen LogP contribution >= 0.6 is 23.2 Å². The average Bonchev–Trinajstić information content (AvgIpc) is 3.06. The van der Waals surface area contributed by atoms with Crippen molar-refractivity contribution in [3.63, 3.8) is 0 Å². The fourth-order valence-corrected chi connectivity index (χ4v) is 4.10. The average molecular weight is 486 g/mol. The number of amides is 1. The molecule has 3 aromatic rings. The highest BCUT2D eigenvalue weighted by Crippen LogP contribution is 2.44. The van der Waals surface area contributed by atoms with Crippen molar-refractivity contribution in [1.82, 2.24) is 0 Å². The van der Waals surface area contributed by atoms with Gasteiger partial charge in [0, 0.05) is 15.7 Å². The van der Waals surface area contributed by atoms with E-state index in [1.165, 1.54) is 24.1 Å². The molecule has 1 fully saturated rings. The molecule has 1 heterocycles. The zero-order valence-electron chi connectivity index (χ0n) is 17.6.